The monoisotopic (exact) mass is 248 g/mol. The maximum atomic E-state index is 12.9. The van der Waals surface area contributed by atoms with E-state index in [0.29, 0.717) is 17.5 Å². The van der Waals surface area contributed by atoms with Crippen molar-refractivity contribution in [2.45, 2.75) is 18.9 Å². The number of fused-ring (bicyclic) bond motifs is 1. The van der Waals surface area contributed by atoms with E-state index >= 15 is 0 Å². The van der Waals surface area contributed by atoms with Crippen molar-refractivity contribution in [3.63, 3.8) is 0 Å². The highest BCUT2D eigenvalue weighted by molar-refractivity contribution is 5.94. The van der Waals surface area contributed by atoms with Crippen molar-refractivity contribution in [3.8, 4) is 0 Å². The van der Waals surface area contributed by atoms with E-state index in [2.05, 4.69) is 5.32 Å². The number of hydrogen-bond donors (Lipinski definition) is 1. The van der Waals surface area contributed by atoms with Crippen LogP contribution in [0.25, 0.3) is 0 Å². The highest BCUT2D eigenvalue weighted by atomic mass is 19.1. The zero-order valence-electron chi connectivity index (χ0n) is 10.2. The summed E-state index contributed by atoms with van der Waals surface area (Å²) in [6.07, 6.45) is 2.26. The van der Waals surface area contributed by atoms with Crippen molar-refractivity contribution in [1.29, 1.82) is 0 Å². The molecule has 2 fully saturated rings. The topological polar surface area (TPSA) is 32.3 Å². The van der Waals surface area contributed by atoms with E-state index < -0.39 is 0 Å². The van der Waals surface area contributed by atoms with Crippen LogP contribution in [0.3, 0.4) is 0 Å². The zero-order valence-corrected chi connectivity index (χ0v) is 10.2. The molecule has 2 atom stereocenters. The molecule has 0 aliphatic carbocycles. The van der Waals surface area contributed by atoms with Gasteiger partial charge in [-0.2, -0.15) is 0 Å². The summed E-state index contributed by atoms with van der Waals surface area (Å²) in [5, 5.41) is 3.36. The van der Waals surface area contributed by atoms with Crippen molar-refractivity contribution >= 4 is 5.91 Å². The number of carbonyl (C=O) groups excluding carboxylic acids is 1. The first kappa shape index (κ1) is 11.7. The molecule has 1 aromatic rings. The second kappa shape index (κ2) is 4.69. The molecule has 3 nitrogen and oxygen atoms in total. The van der Waals surface area contributed by atoms with E-state index in [1.165, 1.54) is 18.6 Å². The Morgan fingerprint density at radius 2 is 2.06 bits per heavy atom. The Kier molecular flexibility index (Phi) is 3.04. The van der Waals surface area contributed by atoms with Crippen LogP contribution in [-0.2, 0) is 0 Å². The van der Waals surface area contributed by atoms with Gasteiger partial charge in [0.15, 0.2) is 0 Å². The van der Waals surface area contributed by atoms with Crippen molar-refractivity contribution in [3.05, 3.63) is 35.6 Å². The van der Waals surface area contributed by atoms with E-state index in [-0.39, 0.29) is 11.7 Å². The third-order valence-electron chi connectivity index (χ3n) is 4.03. The number of rotatable bonds is 1. The number of piperidine rings is 1. The van der Waals surface area contributed by atoms with Crippen molar-refractivity contribution < 1.29 is 9.18 Å². The highest BCUT2D eigenvalue weighted by Crippen LogP contribution is 2.27. The lowest BCUT2D eigenvalue weighted by atomic mass is 9.91. The predicted octanol–water partition coefficient (Wildman–Crippen LogP) is 1.65. The van der Waals surface area contributed by atoms with Crippen LogP contribution < -0.4 is 5.32 Å². The van der Waals surface area contributed by atoms with Crippen molar-refractivity contribution in [2.24, 2.45) is 5.92 Å². The van der Waals surface area contributed by atoms with E-state index in [0.717, 1.165) is 26.1 Å². The molecule has 0 saturated carbocycles. The van der Waals surface area contributed by atoms with E-state index in [1.54, 1.807) is 12.1 Å². The predicted molar refractivity (Wildman–Crippen MR) is 66.8 cm³/mol. The van der Waals surface area contributed by atoms with Gasteiger partial charge in [0.05, 0.1) is 0 Å². The first-order chi connectivity index (χ1) is 8.75. The van der Waals surface area contributed by atoms with Gasteiger partial charge in [-0.05, 0) is 43.0 Å². The molecule has 2 aliphatic heterocycles. The summed E-state index contributed by atoms with van der Waals surface area (Å²) in [4.78, 5) is 14.4. The first-order valence-electron chi connectivity index (χ1n) is 6.53. The van der Waals surface area contributed by atoms with Gasteiger partial charge >= 0.3 is 0 Å². The fourth-order valence-electron chi connectivity index (χ4n) is 3.08. The smallest absolute Gasteiger partial charge is 0.254 e. The fraction of sp³-hybridized carbons (Fsp3) is 0.500. The van der Waals surface area contributed by atoms with Gasteiger partial charge in [0.1, 0.15) is 5.82 Å². The van der Waals surface area contributed by atoms with Gasteiger partial charge < -0.3 is 10.2 Å². The standard InChI is InChI=1S/C14H17FN2O/c15-12-5-3-10(4-6-12)14(18)17-7-1-2-11-8-16-9-13(11)17/h3-6,11,13,16H,1-2,7-9H2. The van der Waals surface area contributed by atoms with Crippen molar-refractivity contribution in [1.82, 2.24) is 10.2 Å². The quantitative estimate of drug-likeness (QED) is 0.819. The van der Waals surface area contributed by atoms with E-state index in [1.807, 2.05) is 4.90 Å². The van der Waals surface area contributed by atoms with Crippen LogP contribution in [0.2, 0.25) is 0 Å². The second-order valence-electron chi connectivity index (χ2n) is 5.13. The Bertz CT molecular complexity index is 446. The van der Waals surface area contributed by atoms with Crippen LogP contribution in [0.4, 0.5) is 4.39 Å². The van der Waals surface area contributed by atoms with Crippen LogP contribution in [0, 0.1) is 11.7 Å². The molecule has 3 rings (SSSR count). The lowest BCUT2D eigenvalue weighted by Crippen LogP contribution is -2.48. The summed E-state index contributed by atoms with van der Waals surface area (Å²) in [5.41, 5.74) is 0.587. The summed E-state index contributed by atoms with van der Waals surface area (Å²) < 4.78 is 12.9. The van der Waals surface area contributed by atoms with Crippen LogP contribution in [0.15, 0.2) is 24.3 Å². The Labute approximate surface area is 106 Å². The van der Waals surface area contributed by atoms with Crippen molar-refractivity contribution in [2.75, 3.05) is 19.6 Å². The molecule has 4 heteroatoms. The van der Waals surface area contributed by atoms with Gasteiger partial charge in [-0.15, -0.1) is 0 Å². The number of benzene rings is 1. The molecule has 0 radical (unpaired) electrons. The number of nitrogens with zero attached hydrogens (tertiary/aromatic N) is 1. The number of hydrogen-bond acceptors (Lipinski definition) is 2. The van der Waals surface area contributed by atoms with Gasteiger partial charge in [0.2, 0.25) is 0 Å². The molecule has 0 aromatic heterocycles. The summed E-state index contributed by atoms with van der Waals surface area (Å²) in [7, 11) is 0. The minimum atomic E-state index is -0.300. The van der Waals surface area contributed by atoms with Gasteiger partial charge in [-0.25, -0.2) is 4.39 Å². The Morgan fingerprint density at radius 3 is 2.83 bits per heavy atom. The maximum absolute atomic E-state index is 12.9. The third-order valence-corrected chi connectivity index (χ3v) is 4.03. The van der Waals surface area contributed by atoms with Gasteiger partial charge in [0, 0.05) is 31.2 Å². The number of carbonyl (C=O) groups is 1. The molecule has 2 aliphatic rings. The Morgan fingerprint density at radius 1 is 1.28 bits per heavy atom. The Hall–Kier alpha value is -1.42. The highest BCUT2D eigenvalue weighted by Gasteiger charge is 2.37. The average molecular weight is 248 g/mol. The second-order valence-corrected chi connectivity index (χ2v) is 5.13. The lowest BCUT2D eigenvalue weighted by Gasteiger charge is -2.37. The SMILES string of the molecule is O=C(c1ccc(F)cc1)N1CCCC2CNCC21. The molecule has 0 bridgehead atoms. The van der Waals surface area contributed by atoms with Crippen LogP contribution in [-0.4, -0.2) is 36.5 Å². The minimum absolute atomic E-state index is 0.0356. The number of amides is 1. The van der Waals surface area contributed by atoms with E-state index in [9.17, 15) is 9.18 Å². The van der Waals surface area contributed by atoms with E-state index in [4.69, 9.17) is 0 Å². The molecule has 2 heterocycles. The molecular formula is C14H17FN2O. The molecular weight excluding hydrogens is 231 g/mol. The molecule has 1 N–H and O–H groups in total. The third kappa shape index (κ3) is 2.01. The molecule has 1 aromatic carbocycles. The minimum Gasteiger partial charge on any atom is -0.334 e. The number of halogens is 1. The molecule has 1 amide bonds. The zero-order chi connectivity index (χ0) is 12.5. The summed E-state index contributed by atoms with van der Waals surface area (Å²) in [6, 6.07) is 6.16. The van der Waals surface area contributed by atoms with Crippen LogP contribution in [0.5, 0.6) is 0 Å². The molecule has 2 unspecified atom stereocenters. The first-order valence-corrected chi connectivity index (χ1v) is 6.53. The van der Waals surface area contributed by atoms with Crippen LogP contribution in [0.1, 0.15) is 23.2 Å². The molecule has 2 saturated heterocycles. The summed E-state index contributed by atoms with van der Waals surface area (Å²) in [5.74, 6) is 0.321. The van der Waals surface area contributed by atoms with Gasteiger partial charge in [0.25, 0.3) is 5.91 Å². The summed E-state index contributed by atoms with van der Waals surface area (Å²) in [6.45, 7) is 2.72. The van der Waals surface area contributed by atoms with Gasteiger partial charge in [-0.3, -0.25) is 4.79 Å². The number of likely N-dealkylation sites (tertiary alicyclic amines) is 1. The fourth-order valence-corrected chi connectivity index (χ4v) is 3.08. The van der Waals surface area contributed by atoms with Crippen LogP contribution >= 0.6 is 0 Å². The normalized spacial score (nSPS) is 27.1. The Balaban J connectivity index is 1.81. The molecule has 0 spiro atoms. The molecule has 96 valence electrons. The number of nitrogens with one attached hydrogen (secondary N) is 1. The lowest BCUT2D eigenvalue weighted by molar-refractivity contribution is 0.0575. The average Bonchev–Trinajstić information content (AvgIpc) is 2.87. The molecule has 18 heavy (non-hydrogen) atoms. The van der Waals surface area contributed by atoms with Gasteiger partial charge in [-0.1, -0.05) is 0 Å². The largest absolute Gasteiger partial charge is 0.334 e. The summed E-state index contributed by atoms with van der Waals surface area (Å²) >= 11 is 0. The maximum Gasteiger partial charge on any atom is 0.254 e.